The van der Waals surface area contributed by atoms with E-state index in [0.717, 1.165) is 49.0 Å². The van der Waals surface area contributed by atoms with Gasteiger partial charge in [0.1, 0.15) is 18.5 Å². The third-order valence-electron chi connectivity index (χ3n) is 6.31. The third kappa shape index (κ3) is 7.86. The van der Waals surface area contributed by atoms with Gasteiger partial charge in [-0.2, -0.15) is 0 Å². The Kier molecular flexibility index (Phi) is 9.73. The number of ketones is 1. The molecule has 1 aliphatic carbocycles. The summed E-state index contributed by atoms with van der Waals surface area (Å²) in [4.78, 5) is 39.4. The molecule has 1 N–H and O–H groups in total. The van der Waals surface area contributed by atoms with E-state index in [0.29, 0.717) is 6.54 Å². The normalized spacial score (nSPS) is 15.2. The second-order valence-corrected chi connectivity index (χ2v) is 8.96. The van der Waals surface area contributed by atoms with Crippen molar-refractivity contribution in [3.05, 3.63) is 83.2 Å². The topological polar surface area (TPSA) is 75.7 Å². The molecule has 3 rings (SSSR count). The Bertz CT molecular complexity index is 1050. The van der Waals surface area contributed by atoms with Crippen LogP contribution in [0.5, 0.6) is 0 Å². The highest BCUT2D eigenvalue weighted by Gasteiger charge is 2.28. The van der Waals surface area contributed by atoms with Crippen molar-refractivity contribution in [1.29, 1.82) is 0 Å². The predicted octanol–water partition coefficient (Wildman–Crippen LogP) is 4.54. The number of esters is 1. The van der Waals surface area contributed by atoms with Crippen LogP contribution in [0.25, 0.3) is 0 Å². The Morgan fingerprint density at radius 1 is 1.06 bits per heavy atom. The number of aryl methyl sites for hydroxylation is 1. The molecule has 1 aliphatic rings. The molecule has 0 heterocycles. The first-order valence-electron chi connectivity index (χ1n) is 12.1. The molecule has 1 saturated carbocycles. The average molecular weight is 481 g/mol. The molecule has 1 atom stereocenters. The predicted molar refractivity (Wildman–Crippen MR) is 132 cm³/mol. The number of hydrogen-bond acceptors (Lipinski definition) is 5. The SMILES string of the molecule is Cc1ccccc1C(C(=O)NC1CCCCC1)N(C)CCOC(=O)/C=C/C(=O)c1ccc(F)cc1. The lowest BCUT2D eigenvalue weighted by Crippen LogP contribution is -2.45. The number of allylic oxidation sites excluding steroid dienone is 1. The minimum atomic E-state index is -0.659. The first-order chi connectivity index (χ1) is 16.8. The molecule has 0 spiro atoms. The minimum Gasteiger partial charge on any atom is -0.461 e. The first-order valence-corrected chi connectivity index (χ1v) is 12.1. The Morgan fingerprint density at radius 2 is 1.74 bits per heavy atom. The van der Waals surface area contributed by atoms with Gasteiger partial charge in [0, 0.05) is 24.2 Å². The second-order valence-electron chi connectivity index (χ2n) is 8.96. The number of nitrogens with zero attached hydrogens (tertiary/aromatic N) is 1. The van der Waals surface area contributed by atoms with Crippen LogP contribution in [-0.4, -0.2) is 48.8 Å². The first kappa shape index (κ1) is 26.3. The van der Waals surface area contributed by atoms with E-state index in [4.69, 9.17) is 4.74 Å². The van der Waals surface area contributed by atoms with E-state index in [-0.39, 0.29) is 24.1 Å². The van der Waals surface area contributed by atoms with E-state index < -0.39 is 23.6 Å². The molecule has 1 unspecified atom stereocenters. The summed E-state index contributed by atoms with van der Waals surface area (Å²) in [5.41, 5.74) is 2.21. The number of carbonyl (C=O) groups excluding carboxylic acids is 3. The van der Waals surface area contributed by atoms with Gasteiger partial charge in [-0.3, -0.25) is 14.5 Å². The smallest absolute Gasteiger partial charge is 0.330 e. The number of halogens is 1. The van der Waals surface area contributed by atoms with Gasteiger partial charge >= 0.3 is 5.97 Å². The maximum atomic E-state index is 13.3. The van der Waals surface area contributed by atoms with Gasteiger partial charge in [-0.1, -0.05) is 43.5 Å². The monoisotopic (exact) mass is 480 g/mol. The molecule has 0 radical (unpaired) electrons. The van der Waals surface area contributed by atoms with Crippen LogP contribution in [-0.2, 0) is 14.3 Å². The van der Waals surface area contributed by atoms with Crippen molar-refractivity contribution in [3.63, 3.8) is 0 Å². The summed E-state index contributed by atoms with van der Waals surface area (Å²) >= 11 is 0. The lowest BCUT2D eigenvalue weighted by molar-refractivity contribution is -0.138. The maximum absolute atomic E-state index is 13.3. The molecule has 2 aromatic rings. The van der Waals surface area contributed by atoms with Crippen LogP contribution in [0.2, 0.25) is 0 Å². The molecule has 1 fully saturated rings. The zero-order valence-electron chi connectivity index (χ0n) is 20.3. The Labute approximate surface area is 206 Å². The molecule has 0 aromatic heterocycles. The number of likely N-dealkylation sites (N-methyl/N-ethyl adjacent to an activating group) is 1. The van der Waals surface area contributed by atoms with Gasteiger partial charge in [0.15, 0.2) is 5.78 Å². The van der Waals surface area contributed by atoms with Gasteiger partial charge in [-0.25, -0.2) is 9.18 Å². The number of rotatable bonds is 10. The van der Waals surface area contributed by atoms with Crippen LogP contribution in [0, 0.1) is 12.7 Å². The molecule has 7 heteroatoms. The standard InChI is InChI=1S/C28H33FN2O4/c1-20-8-6-7-11-24(20)27(28(34)30-23-9-4-3-5-10-23)31(2)18-19-35-26(33)17-16-25(32)21-12-14-22(29)15-13-21/h6-8,11-17,23,27H,3-5,9-10,18-19H2,1-2H3,(H,30,34)/b17-16+. The van der Waals surface area contributed by atoms with Crippen LogP contribution in [0.3, 0.4) is 0 Å². The zero-order valence-corrected chi connectivity index (χ0v) is 20.3. The molecule has 1 amide bonds. The van der Waals surface area contributed by atoms with E-state index in [1.165, 1.54) is 30.7 Å². The van der Waals surface area contributed by atoms with E-state index in [2.05, 4.69) is 5.32 Å². The van der Waals surface area contributed by atoms with E-state index in [1.54, 1.807) is 0 Å². The van der Waals surface area contributed by atoms with E-state index in [1.807, 2.05) is 43.1 Å². The molecule has 6 nitrogen and oxygen atoms in total. The average Bonchev–Trinajstić information content (AvgIpc) is 2.85. The van der Waals surface area contributed by atoms with Crippen LogP contribution in [0.4, 0.5) is 4.39 Å². The van der Waals surface area contributed by atoms with Gasteiger partial charge in [-0.05, 0) is 68.3 Å². The maximum Gasteiger partial charge on any atom is 0.330 e. The lowest BCUT2D eigenvalue weighted by Gasteiger charge is -2.31. The van der Waals surface area contributed by atoms with Crippen LogP contribution < -0.4 is 5.32 Å². The van der Waals surface area contributed by atoms with Crippen molar-refractivity contribution in [2.24, 2.45) is 0 Å². The Morgan fingerprint density at radius 3 is 2.43 bits per heavy atom. The number of nitrogens with one attached hydrogen (secondary N) is 1. The number of amides is 1. The van der Waals surface area contributed by atoms with Gasteiger partial charge < -0.3 is 10.1 Å². The molecule has 35 heavy (non-hydrogen) atoms. The van der Waals surface area contributed by atoms with Gasteiger partial charge in [0.2, 0.25) is 5.91 Å². The summed E-state index contributed by atoms with van der Waals surface area (Å²) in [5.74, 6) is -1.57. The fourth-order valence-corrected chi connectivity index (χ4v) is 4.32. The molecule has 0 aliphatic heterocycles. The van der Waals surface area contributed by atoms with Gasteiger partial charge in [0.05, 0.1) is 0 Å². The Hall–Kier alpha value is -3.32. The summed E-state index contributed by atoms with van der Waals surface area (Å²) in [6.45, 7) is 2.37. The zero-order chi connectivity index (χ0) is 25.2. The van der Waals surface area contributed by atoms with Gasteiger partial charge in [0.25, 0.3) is 0 Å². The largest absolute Gasteiger partial charge is 0.461 e. The van der Waals surface area contributed by atoms with Crippen LogP contribution in [0.1, 0.15) is 59.6 Å². The molecule has 0 saturated heterocycles. The van der Waals surface area contributed by atoms with Crippen molar-refractivity contribution in [1.82, 2.24) is 10.2 Å². The molecular weight excluding hydrogens is 447 g/mol. The number of hydrogen-bond donors (Lipinski definition) is 1. The van der Waals surface area contributed by atoms with E-state index in [9.17, 15) is 18.8 Å². The lowest BCUT2D eigenvalue weighted by atomic mass is 9.94. The van der Waals surface area contributed by atoms with Gasteiger partial charge in [-0.15, -0.1) is 0 Å². The van der Waals surface area contributed by atoms with Crippen molar-refractivity contribution < 1.29 is 23.5 Å². The van der Waals surface area contributed by atoms with Crippen molar-refractivity contribution >= 4 is 17.7 Å². The van der Waals surface area contributed by atoms with E-state index >= 15 is 0 Å². The molecule has 186 valence electrons. The van der Waals surface area contributed by atoms with Crippen molar-refractivity contribution in [3.8, 4) is 0 Å². The molecule has 0 bridgehead atoms. The number of carbonyl (C=O) groups is 3. The van der Waals surface area contributed by atoms with Crippen LogP contribution >= 0.6 is 0 Å². The number of benzene rings is 2. The molecular formula is C28H33FN2O4. The number of ether oxygens (including phenoxy) is 1. The molecule has 2 aromatic carbocycles. The summed E-state index contributed by atoms with van der Waals surface area (Å²) in [6.07, 6.45) is 7.62. The van der Waals surface area contributed by atoms with Crippen molar-refractivity contribution in [2.75, 3.05) is 20.2 Å². The fourth-order valence-electron chi connectivity index (χ4n) is 4.32. The highest BCUT2D eigenvalue weighted by molar-refractivity contribution is 6.06. The fraction of sp³-hybridized carbons (Fsp3) is 0.393. The Balaban J connectivity index is 1.57. The highest BCUT2D eigenvalue weighted by Crippen LogP contribution is 2.25. The third-order valence-corrected chi connectivity index (χ3v) is 6.31. The highest BCUT2D eigenvalue weighted by atomic mass is 19.1. The summed E-state index contributed by atoms with van der Waals surface area (Å²) in [7, 11) is 1.83. The van der Waals surface area contributed by atoms with Crippen molar-refractivity contribution in [2.45, 2.75) is 51.1 Å². The summed E-state index contributed by atoms with van der Waals surface area (Å²) < 4.78 is 18.2. The minimum absolute atomic E-state index is 0.0511. The quantitative estimate of drug-likeness (QED) is 0.307. The van der Waals surface area contributed by atoms with Crippen LogP contribution in [0.15, 0.2) is 60.7 Å². The summed E-state index contributed by atoms with van der Waals surface area (Å²) in [5, 5.41) is 3.22. The second kappa shape index (κ2) is 13.0. The summed E-state index contributed by atoms with van der Waals surface area (Å²) in [6, 6.07) is 12.6.